The molecular formula is C67H105N19O12. The van der Waals surface area contributed by atoms with Crippen LogP contribution in [0.15, 0.2) is 67.9 Å². The highest BCUT2D eigenvalue weighted by Crippen LogP contribution is 2.22. The minimum atomic E-state index is -1.42. The molecular weight excluding hydrogens is 1260 g/mol. The molecule has 0 unspecified atom stereocenters. The third-order valence-electron chi connectivity index (χ3n) is 17.6. The standard InChI is InChI=1S/C67H105N19O12/c1-9-40(7)55(84-57(87)46(70)21-14-16-24-68)65(95)82-52(31-45-34-73-37-76-45)66(96)86-26-18-23-53(86)62(92)80-49(28-42-19-12-11-13-20-42)58(88)79-50(29-43-32-71-35-74-43)60(90)78-48(27-38(3)4)61(91)83-54(39(5)6)63(93)85-56(41(8)10-2)64(94)81-51(30-44-33-72-36-75-44)59(89)77-47(67(97)98)22-15-17-25-69/h11-13,19-20,32-41,46-56H,9-10,14-18,21-31,68-70H2,1-8H3,(H,71,74)(H,72,75)(H,73,76)(H,77,89)(H,78,90)(H,79,88)(H,80,92)(H,81,94)(H,82,95)(H,83,91)(H,84,87)(H,85,93)(H,97,98)/t40-,41-,46-,47-,48-,49-,50-,51-,52-,53-,54-,55-,56-/m0/s1. The van der Waals surface area contributed by atoms with Gasteiger partial charge >= 0.3 is 5.97 Å². The minimum absolute atomic E-state index is 0.0532. The van der Waals surface area contributed by atoms with Crippen LogP contribution < -0.4 is 65.1 Å². The molecule has 0 aliphatic carbocycles. The van der Waals surface area contributed by atoms with Crippen molar-refractivity contribution in [3.8, 4) is 0 Å². The number of benzene rings is 1. The van der Waals surface area contributed by atoms with Crippen molar-refractivity contribution < 1.29 is 57.8 Å². The number of imidazole rings is 3. The molecule has 1 aliphatic rings. The zero-order valence-corrected chi connectivity index (χ0v) is 57.7. The van der Waals surface area contributed by atoms with Crippen LogP contribution in [0, 0.1) is 23.7 Å². The fraction of sp³-hybridized carbons (Fsp3) is 0.612. The van der Waals surface area contributed by atoms with E-state index in [2.05, 4.69) is 77.8 Å². The summed E-state index contributed by atoms with van der Waals surface area (Å²) in [7, 11) is 0. The molecule has 0 saturated carbocycles. The van der Waals surface area contributed by atoms with Crippen molar-refractivity contribution in [1.29, 1.82) is 0 Å². The highest BCUT2D eigenvalue weighted by atomic mass is 16.4. The molecule has 4 heterocycles. The summed E-state index contributed by atoms with van der Waals surface area (Å²) >= 11 is 0. The number of carbonyl (C=O) groups excluding carboxylic acids is 10. The molecule has 19 N–H and O–H groups in total. The van der Waals surface area contributed by atoms with Crippen LogP contribution in [0.2, 0.25) is 0 Å². The number of H-pyrrole nitrogens is 3. The Kier molecular flexibility index (Phi) is 33.0. The van der Waals surface area contributed by atoms with Crippen LogP contribution in [0.5, 0.6) is 0 Å². The number of aliphatic carboxylic acids is 1. The van der Waals surface area contributed by atoms with Crippen molar-refractivity contribution in [3.63, 3.8) is 0 Å². The molecule has 0 radical (unpaired) electrons. The van der Waals surface area contributed by atoms with Crippen LogP contribution in [0.3, 0.4) is 0 Å². The number of aromatic nitrogens is 6. The van der Waals surface area contributed by atoms with Gasteiger partial charge in [-0.05, 0) is 93.7 Å². The van der Waals surface area contributed by atoms with Gasteiger partial charge in [0, 0.05) is 67.9 Å². The summed E-state index contributed by atoms with van der Waals surface area (Å²) in [4.78, 5) is 179. The van der Waals surface area contributed by atoms with Gasteiger partial charge in [-0.3, -0.25) is 47.9 Å². The van der Waals surface area contributed by atoms with E-state index in [1.54, 1.807) is 65.0 Å². The van der Waals surface area contributed by atoms with Crippen LogP contribution in [0.4, 0.5) is 0 Å². The summed E-state index contributed by atoms with van der Waals surface area (Å²) in [5.41, 5.74) is 19.5. The maximum Gasteiger partial charge on any atom is 0.326 e. The lowest BCUT2D eigenvalue weighted by molar-refractivity contribution is -0.142. The molecule has 10 amide bonds. The van der Waals surface area contributed by atoms with E-state index in [0.29, 0.717) is 87.1 Å². The maximum atomic E-state index is 15.0. The van der Waals surface area contributed by atoms with E-state index in [-0.39, 0.29) is 63.3 Å². The van der Waals surface area contributed by atoms with Gasteiger partial charge in [0.15, 0.2) is 0 Å². The maximum absolute atomic E-state index is 15.0. The SMILES string of the molecule is CC[C@H](C)[C@H](NC(=O)[C@@H](NC(=O)[C@H](CC(C)C)NC(=O)[C@H](Cc1cnc[nH]1)NC(=O)[C@H](Cc1ccccc1)NC(=O)[C@@H]1CCCN1C(=O)[C@H](Cc1cnc[nH]1)NC(=O)[C@@H](NC(=O)[C@@H](N)CCCCN)[C@@H](C)CC)C(C)C)C(=O)N[C@@H](Cc1cnc[nH]1)C(=O)N[C@@H](CCCCN)C(=O)O. The number of carboxylic acids is 1. The van der Waals surface area contributed by atoms with E-state index in [1.807, 2.05) is 20.8 Å². The zero-order valence-electron chi connectivity index (χ0n) is 57.7. The Balaban J connectivity index is 1.37. The summed E-state index contributed by atoms with van der Waals surface area (Å²) < 4.78 is 0. The second-order valence-corrected chi connectivity index (χ2v) is 26.2. The average Bonchev–Trinajstić information content (AvgIpc) is 1.62. The van der Waals surface area contributed by atoms with E-state index >= 15 is 0 Å². The van der Waals surface area contributed by atoms with E-state index in [4.69, 9.17) is 17.2 Å². The van der Waals surface area contributed by atoms with Crippen LogP contribution in [-0.4, -0.2) is 191 Å². The zero-order chi connectivity index (χ0) is 72.0. The van der Waals surface area contributed by atoms with Crippen LogP contribution in [-0.2, 0) is 78.4 Å². The topological polar surface area (TPSA) is 484 Å². The number of hydrogen-bond donors (Lipinski definition) is 16. The highest BCUT2D eigenvalue weighted by molar-refractivity contribution is 5.99. The number of nitrogens with two attached hydrogens (primary N) is 3. The van der Waals surface area contributed by atoms with E-state index in [9.17, 15) is 57.8 Å². The first-order valence-electron chi connectivity index (χ1n) is 34.2. The Labute approximate surface area is 572 Å². The minimum Gasteiger partial charge on any atom is -0.480 e. The molecule has 4 aromatic rings. The lowest BCUT2D eigenvalue weighted by Gasteiger charge is -2.32. The molecule has 31 nitrogen and oxygen atoms in total. The average molecular weight is 1370 g/mol. The number of nitrogens with zero attached hydrogens (tertiary/aromatic N) is 4. The number of carbonyl (C=O) groups is 11. The van der Waals surface area contributed by atoms with Gasteiger partial charge in [-0.1, -0.05) is 105 Å². The molecule has 5 rings (SSSR count). The summed E-state index contributed by atoms with van der Waals surface area (Å²) in [6.07, 6.45) is 12.4. The lowest BCUT2D eigenvalue weighted by atomic mass is 9.95. The second-order valence-electron chi connectivity index (χ2n) is 26.2. The molecule has 1 saturated heterocycles. The van der Waals surface area contributed by atoms with Gasteiger partial charge < -0.3 is 90.0 Å². The monoisotopic (exact) mass is 1370 g/mol. The molecule has 1 fully saturated rings. The third kappa shape index (κ3) is 25.1. The van der Waals surface area contributed by atoms with Gasteiger partial charge in [0.2, 0.25) is 59.1 Å². The van der Waals surface area contributed by atoms with Crippen molar-refractivity contribution in [3.05, 3.63) is 90.5 Å². The van der Waals surface area contributed by atoms with Gasteiger partial charge in [-0.2, -0.15) is 0 Å². The van der Waals surface area contributed by atoms with Gasteiger partial charge in [-0.15, -0.1) is 0 Å². The van der Waals surface area contributed by atoms with Gasteiger partial charge in [0.1, 0.15) is 60.4 Å². The number of carboxylic acid groups (broad SMARTS) is 1. The quantitative estimate of drug-likeness (QED) is 0.0258. The molecule has 540 valence electrons. The van der Waals surface area contributed by atoms with Gasteiger partial charge in [-0.25, -0.2) is 19.7 Å². The summed E-state index contributed by atoms with van der Waals surface area (Å²) in [6.45, 7) is 15.1. The number of rotatable bonds is 43. The smallest absolute Gasteiger partial charge is 0.326 e. The molecule has 1 aliphatic heterocycles. The Morgan fingerprint density at radius 3 is 1.42 bits per heavy atom. The van der Waals surface area contributed by atoms with Crippen molar-refractivity contribution >= 4 is 65.0 Å². The van der Waals surface area contributed by atoms with Gasteiger partial charge in [0.05, 0.1) is 25.0 Å². The molecule has 0 bridgehead atoms. The largest absolute Gasteiger partial charge is 0.480 e. The molecule has 1 aromatic carbocycles. The van der Waals surface area contributed by atoms with Crippen molar-refractivity contribution in [2.45, 2.75) is 218 Å². The fourth-order valence-electron chi connectivity index (χ4n) is 11.4. The first kappa shape index (κ1) is 79.6. The number of hydrogen-bond acceptors (Lipinski definition) is 17. The molecule has 0 spiro atoms. The number of likely N-dealkylation sites (tertiary alicyclic amines) is 1. The normalized spacial score (nSPS) is 16.7. The number of amides is 10. The van der Waals surface area contributed by atoms with Crippen molar-refractivity contribution in [2.75, 3.05) is 19.6 Å². The summed E-state index contributed by atoms with van der Waals surface area (Å²) in [5.74, 6) is -10.1. The van der Waals surface area contributed by atoms with E-state index < -0.39 is 143 Å². The van der Waals surface area contributed by atoms with Crippen molar-refractivity contribution in [1.82, 2.24) is 82.7 Å². The second kappa shape index (κ2) is 40.6. The predicted molar refractivity (Wildman–Crippen MR) is 364 cm³/mol. The fourth-order valence-corrected chi connectivity index (χ4v) is 11.4. The molecule has 3 aromatic heterocycles. The van der Waals surface area contributed by atoms with E-state index in [1.165, 1.54) is 42.5 Å². The summed E-state index contributed by atoms with van der Waals surface area (Å²) in [6, 6.07) is -4.78. The first-order chi connectivity index (χ1) is 46.8. The number of aromatic amines is 3. The predicted octanol–water partition coefficient (Wildman–Crippen LogP) is -0.0551. The molecule has 31 heteroatoms. The number of nitrogens with one attached hydrogen (secondary N) is 12. The Morgan fingerprint density at radius 1 is 0.520 bits per heavy atom. The Bertz CT molecular complexity index is 3170. The van der Waals surface area contributed by atoms with Crippen LogP contribution >= 0.6 is 0 Å². The van der Waals surface area contributed by atoms with E-state index in [0.717, 1.165) is 0 Å². The van der Waals surface area contributed by atoms with Crippen LogP contribution in [0.1, 0.15) is 149 Å². The highest BCUT2D eigenvalue weighted by Gasteiger charge is 2.42. The van der Waals surface area contributed by atoms with Gasteiger partial charge in [0.25, 0.3) is 0 Å². The summed E-state index contributed by atoms with van der Waals surface area (Å²) in [5, 5.41) is 34.9. The first-order valence-corrected chi connectivity index (χ1v) is 34.2. The Morgan fingerprint density at radius 2 is 0.949 bits per heavy atom. The number of unbranched alkanes of at least 4 members (excludes halogenated alkanes) is 2. The third-order valence-corrected chi connectivity index (χ3v) is 17.6. The lowest BCUT2D eigenvalue weighted by Crippen LogP contribution is -2.62. The molecule has 13 atom stereocenters. The Hall–Kier alpha value is -9.10. The van der Waals surface area contributed by atoms with Crippen LogP contribution in [0.25, 0.3) is 0 Å². The molecule has 98 heavy (non-hydrogen) atoms. The van der Waals surface area contributed by atoms with Crippen molar-refractivity contribution in [2.24, 2.45) is 40.9 Å².